The summed E-state index contributed by atoms with van der Waals surface area (Å²) in [5.74, 6) is 0. The lowest BCUT2D eigenvalue weighted by molar-refractivity contribution is -0.137. The quantitative estimate of drug-likeness (QED) is 0.823. The lowest BCUT2D eigenvalue weighted by atomic mass is 9.89. The third-order valence-corrected chi connectivity index (χ3v) is 3.17. The third-order valence-electron chi connectivity index (χ3n) is 3.17. The summed E-state index contributed by atoms with van der Waals surface area (Å²) in [6.07, 6.45) is -3.38. The number of benzene rings is 1. The number of alkyl halides is 3. The van der Waals surface area contributed by atoms with Crippen molar-refractivity contribution in [2.24, 2.45) is 5.41 Å². The fourth-order valence-electron chi connectivity index (χ4n) is 1.87. The van der Waals surface area contributed by atoms with Gasteiger partial charge in [0.05, 0.1) is 5.56 Å². The van der Waals surface area contributed by atoms with Crippen LogP contribution in [0.25, 0.3) is 0 Å². The molecule has 0 radical (unpaired) electrons. The molecule has 0 aliphatic rings. The Morgan fingerprint density at radius 3 is 2.50 bits per heavy atom. The minimum Gasteiger partial charge on any atom is -0.385 e. The van der Waals surface area contributed by atoms with Gasteiger partial charge in [0.2, 0.25) is 0 Å². The van der Waals surface area contributed by atoms with Crippen molar-refractivity contribution in [3.05, 3.63) is 35.4 Å². The van der Waals surface area contributed by atoms with Gasteiger partial charge in [-0.15, -0.1) is 0 Å². The van der Waals surface area contributed by atoms with E-state index in [-0.39, 0.29) is 5.41 Å². The largest absolute Gasteiger partial charge is 0.416 e. The smallest absolute Gasteiger partial charge is 0.385 e. The van der Waals surface area contributed by atoms with Gasteiger partial charge in [0.1, 0.15) is 0 Å². The van der Waals surface area contributed by atoms with Gasteiger partial charge < -0.3 is 10.1 Å². The molecule has 1 rings (SSSR count). The SMILES string of the molecule is COCCC(C)(C)CNCc1cccc(C(F)(F)F)c1. The van der Waals surface area contributed by atoms with Crippen molar-refractivity contribution >= 4 is 0 Å². The number of hydrogen-bond acceptors (Lipinski definition) is 2. The van der Waals surface area contributed by atoms with Crippen molar-refractivity contribution < 1.29 is 17.9 Å². The highest BCUT2D eigenvalue weighted by Crippen LogP contribution is 2.29. The topological polar surface area (TPSA) is 21.3 Å². The molecular weight excluding hydrogens is 267 g/mol. The van der Waals surface area contributed by atoms with E-state index in [1.807, 2.05) is 0 Å². The normalized spacial score (nSPS) is 12.7. The van der Waals surface area contributed by atoms with E-state index >= 15 is 0 Å². The summed E-state index contributed by atoms with van der Waals surface area (Å²) in [6, 6.07) is 5.42. The second kappa shape index (κ2) is 7.09. The van der Waals surface area contributed by atoms with Crippen LogP contribution in [0.5, 0.6) is 0 Å². The van der Waals surface area contributed by atoms with Crippen LogP contribution in [0.1, 0.15) is 31.4 Å². The van der Waals surface area contributed by atoms with E-state index in [0.717, 1.165) is 19.0 Å². The Hall–Kier alpha value is -1.07. The average Bonchev–Trinajstić information content (AvgIpc) is 2.36. The highest BCUT2D eigenvalue weighted by atomic mass is 19.4. The number of hydrogen-bond donors (Lipinski definition) is 1. The van der Waals surface area contributed by atoms with Gasteiger partial charge in [0.25, 0.3) is 0 Å². The Kier molecular flexibility index (Phi) is 6.02. The van der Waals surface area contributed by atoms with E-state index in [9.17, 15) is 13.2 Å². The predicted molar refractivity (Wildman–Crippen MR) is 73.4 cm³/mol. The molecule has 0 fully saturated rings. The highest BCUT2D eigenvalue weighted by Gasteiger charge is 2.30. The number of halogens is 3. The van der Waals surface area contributed by atoms with Gasteiger partial charge >= 0.3 is 6.18 Å². The Labute approximate surface area is 118 Å². The molecule has 0 heterocycles. The van der Waals surface area contributed by atoms with Crippen molar-refractivity contribution in [1.82, 2.24) is 5.32 Å². The summed E-state index contributed by atoms with van der Waals surface area (Å²) in [4.78, 5) is 0. The first-order valence-corrected chi connectivity index (χ1v) is 6.60. The van der Waals surface area contributed by atoms with Crippen LogP contribution in [-0.4, -0.2) is 20.3 Å². The fourth-order valence-corrected chi connectivity index (χ4v) is 1.87. The fraction of sp³-hybridized carbons (Fsp3) is 0.600. The monoisotopic (exact) mass is 289 g/mol. The van der Waals surface area contributed by atoms with Gasteiger partial charge in [0, 0.05) is 26.8 Å². The standard InChI is InChI=1S/C15H22F3NO/c1-14(2,7-8-20-3)11-19-10-12-5-4-6-13(9-12)15(16,17)18/h4-6,9,19H,7-8,10-11H2,1-3H3. The van der Waals surface area contributed by atoms with Crippen molar-refractivity contribution in [2.75, 3.05) is 20.3 Å². The molecule has 0 amide bonds. The molecule has 1 aromatic rings. The van der Waals surface area contributed by atoms with Gasteiger partial charge in [-0.1, -0.05) is 32.0 Å². The summed E-state index contributed by atoms with van der Waals surface area (Å²) in [6.45, 7) is 6.04. The van der Waals surface area contributed by atoms with E-state index in [1.165, 1.54) is 12.1 Å². The number of nitrogens with one attached hydrogen (secondary N) is 1. The lowest BCUT2D eigenvalue weighted by Crippen LogP contribution is -2.30. The van der Waals surface area contributed by atoms with Crippen LogP contribution in [0, 0.1) is 5.41 Å². The molecule has 1 N–H and O–H groups in total. The number of rotatable bonds is 7. The number of methoxy groups -OCH3 is 1. The number of ether oxygens (including phenoxy) is 1. The molecule has 0 aliphatic heterocycles. The van der Waals surface area contributed by atoms with Crippen LogP contribution in [0.15, 0.2) is 24.3 Å². The molecule has 1 aromatic carbocycles. The molecule has 0 saturated heterocycles. The van der Waals surface area contributed by atoms with Crippen LogP contribution in [-0.2, 0) is 17.5 Å². The molecule has 114 valence electrons. The minimum atomic E-state index is -4.28. The maximum Gasteiger partial charge on any atom is 0.416 e. The van der Waals surface area contributed by atoms with Gasteiger partial charge in [-0.2, -0.15) is 13.2 Å². The van der Waals surface area contributed by atoms with E-state index in [1.54, 1.807) is 13.2 Å². The summed E-state index contributed by atoms with van der Waals surface area (Å²) in [7, 11) is 1.66. The zero-order chi connectivity index (χ0) is 15.2. The highest BCUT2D eigenvalue weighted by molar-refractivity contribution is 5.25. The van der Waals surface area contributed by atoms with E-state index in [4.69, 9.17) is 4.74 Å². The van der Waals surface area contributed by atoms with Gasteiger partial charge in [0.15, 0.2) is 0 Å². The molecule has 0 atom stereocenters. The summed E-state index contributed by atoms with van der Waals surface area (Å²) >= 11 is 0. The van der Waals surface area contributed by atoms with Crippen LogP contribution in [0.4, 0.5) is 13.2 Å². The molecule has 0 aliphatic carbocycles. The first-order chi connectivity index (χ1) is 9.24. The summed E-state index contributed by atoms with van der Waals surface area (Å²) in [5, 5.41) is 3.21. The van der Waals surface area contributed by atoms with Crippen molar-refractivity contribution in [2.45, 2.75) is 33.0 Å². The van der Waals surface area contributed by atoms with Crippen molar-refractivity contribution in [1.29, 1.82) is 0 Å². The van der Waals surface area contributed by atoms with Crippen LogP contribution >= 0.6 is 0 Å². The second-order valence-electron chi connectivity index (χ2n) is 5.71. The molecular formula is C15H22F3NO. The molecule has 2 nitrogen and oxygen atoms in total. The van der Waals surface area contributed by atoms with Crippen LogP contribution in [0.3, 0.4) is 0 Å². The first kappa shape index (κ1) is 17.0. The molecule has 0 spiro atoms. The van der Waals surface area contributed by atoms with E-state index < -0.39 is 11.7 Å². The van der Waals surface area contributed by atoms with Crippen molar-refractivity contribution in [3.63, 3.8) is 0 Å². The van der Waals surface area contributed by atoms with Gasteiger partial charge in [-0.25, -0.2) is 0 Å². The van der Waals surface area contributed by atoms with Gasteiger partial charge in [-0.3, -0.25) is 0 Å². The Bertz CT molecular complexity index is 416. The Balaban J connectivity index is 2.50. The predicted octanol–water partition coefficient (Wildman–Crippen LogP) is 3.86. The Morgan fingerprint density at radius 1 is 1.20 bits per heavy atom. The zero-order valence-electron chi connectivity index (χ0n) is 12.2. The summed E-state index contributed by atoms with van der Waals surface area (Å²) < 4.78 is 42.8. The molecule has 5 heteroatoms. The van der Waals surface area contributed by atoms with Gasteiger partial charge in [-0.05, 0) is 23.5 Å². The zero-order valence-corrected chi connectivity index (χ0v) is 12.2. The summed E-state index contributed by atoms with van der Waals surface area (Å²) in [5.41, 5.74) is 0.0929. The van der Waals surface area contributed by atoms with E-state index in [0.29, 0.717) is 18.7 Å². The molecule has 0 bridgehead atoms. The maximum atomic E-state index is 12.6. The minimum absolute atomic E-state index is 0.0532. The average molecular weight is 289 g/mol. The Morgan fingerprint density at radius 2 is 1.90 bits per heavy atom. The van der Waals surface area contributed by atoms with E-state index in [2.05, 4.69) is 19.2 Å². The molecule has 0 saturated carbocycles. The lowest BCUT2D eigenvalue weighted by Gasteiger charge is -2.24. The molecule has 0 aromatic heterocycles. The third kappa shape index (κ3) is 5.92. The molecule has 0 unspecified atom stereocenters. The molecule has 20 heavy (non-hydrogen) atoms. The van der Waals surface area contributed by atoms with Crippen molar-refractivity contribution in [3.8, 4) is 0 Å². The van der Waals surface area contributed by atoms with Crippen LogP contribution in [0.2, 0.25) is 0 Å². The maximum absolute atomic E-state index is 12.6. The first-order valence-electron chi connectivity index (χ1n) is 6.60. The van der Waals surface area contributed by atoms with Crippen LogP contribution < -0.4 is 5.32 Å². The second-order valence-corrected chi connectivity index (χ2v) is 5.71.